The van der Waals surface area contributed by atoms with Crippen molar-refractivity contribution >= 4 is 12.2 Å². The van der Waals surface area contributed by atoms with Crippen molar-refractivity contribution in [1.82, 2.24) is 0 Å². The molecule has 0 N–H and O–H groups in total. The van der Waals surface area contributed by atoms with Crippen LogP contribution in [-0.2, 0) is 0 Å². The van der Waals surface area contributed by atoms with E-state index in [0.717, 1.165) is 6.42 Å². The second-order valence-corrected chi connectivity index (χ2v) is 8.38. The van der Waals surface area contributed by atoms with Crippen LogP contribution in [0.4, 0.5) is 0 Å². The summed E-state index contributed by atoms with van der Waals surface area (Å²) in [6, 6.07) is 17.9. The molecule has 0 nitrogen and oxygen atoms in total. The van der Waals surface area contributed by atoms with Crippen molar-refractivity contribution in [1.29, 1.82) is 0 Å². The van der Waals surface area contributed by atoms with Crippen LogP contribution in [0.15, 0.2) is 73.3 Å². The van der Waals surface area contributed by atoms with Crippen LogP contribution in [0.1, 0.15) is 79.0 Å². The molecule has 4 rings (SSSR count). The normalized spacial score (nSPS) is 20.1. The van der Waals surface area contributed by atoms with E-state index >= 15 is 0 Å². The van der Waals surface area contributed by atoms with Crippen LogP contribution < -0.4 is 0 Å². The minimum absolute atomic E-state index is 0.572. The molecule has 2 aromatic carbocycles. The number of rotatable bonds is 10. The lowest BCUT2D eigenvalue weighted by atomic mass is 9.77. The highest BCUT2D eigenvalue weighted by Gasteiger charge is 2.29. The van der Waals surface area contributed by atoms with Gasteiger partial charge in [-0.3, -0.25) is 0 Å². The minimum Gasteiger partial charge on any atom is -0.103 e. The molecule has 2 aliphatic carbocycles. The van der Waals surface area contributed by atoms with E-state index in [2.05, 4.69) is 79.4 Å². The van der Waals surface area contributed by atoms with E-state index in [1.54, 1.807) is 0 Å². The van der Waals surface area contributed by atoms with E-state index in [9.17, 15) is 0 Å². The Morgan fingerprint density at radius 1 is 0.786 bits per heavy atom. The molecule has 0 radical (unpaired) electrons. The molecule has 28 heavy (non-hydrogen) atoms. The number of unbranched alkanes of at least 4 members (excludes halogenated alkanes) is 4. The zero-order chi connectivity index (χ0) is 19.2. The molecule has 0 heteroatoms. The van der Waals surface area contributed by atoms with Crippen LogP contribution in [0, 0.1) is 5.92 Å². The third-order valence-electron chi connectivity index (χ3n) is 6.54. The zero-order valence-corrected chi connectivity index (χ0v) is 16.9. The molecule has 3 unspecified atom stereocenters. The lowest BCUT2D eigenvalue weighted by Gasteiger charge is -2.27. The molecular weight excluding hydrogens is 336 g/mol. The van der Waals surface area contributed by atoms with Gasteiger partial charge in [0, 0.05) is 11.8 Å². The fraction of sp³-hybridized carbons (Fsp3) is 0.357. The first kappa shape index (κ1) is 19.0. The summed E-state index contributed by atoms with van der Waals surface area (Å²) in [5.74, 6) is 1.86. The molecule has 3 atom stereocenters. The molecule has 0 saturated heterocycles. The van der Waals surface area contributed by atoms with E-state index < -0.39 is 0 Å². The summed E-state index contributed by atoms with van der Waals surface area (Å²) in [5.41, 5.74) is 5.90. The van der Waals surface area contributed by atoms with Crippen molar-refractivity contribution in [2.45, 2.75) is 56.8 Å². The summed E-state index contributed by atoms with van der Waals surface area (Å²) < 4.78 is 0. The lowest BCUT2D eigenvalue weighted by molar-refractivity contribution is 0.381. The van der Waals surface area contributed by atoms with Crippen molar-refractivity contribution in [3.63, 3.8) is 0 Å². The van der Waals surface area contributed by atoms with Crippen molar-refractivity contribution in [2.24, 2.45) is 5.92 Å². The highest BCUT2D eigenvalue weighted by atomic mass is 14.3. The van der Waals surface area contributed by atoms with Crippen LogP contribution in [-0.4, -0.2) is 0 Å². The monoisotopic (exact) mass is 368 g/mol. The van der Waals surface area contributed by atoms with Crippen molar-refractivity contribution in [2.75, 3.05) is 0 Å². The van der Waals surface area contributed by atoms with Crippen molar-refractivity contribution in [3.05, 3.63) is 95.6 Å². The number of benzene rings is 2. The second-order valence-electron chi connectivity index (χ2n) is 8.38. The number of allylic oxidation sites excluding steroid dienone is 3. The summed E-state index contributed by atoms with van der Waals surface area (Å²) in [5, 5.41) is 0. The topological polar surface area (TPSA) is 0 Å². The predicted octanol–water partition coefficient (Wildman–Crippen LogP) is 8.14. The van der Waals surface area contributed by atoms with Crippen molar-refractivity contribution < 1.29 is 0 Å². The van der Waals surface area contributed by atoms with E-state index in [0.29, 0.717) is 17.8 Å². The van der Waals surface area contributed by atoms with Crippen LogP contribution in [0.3, 0.4) is 0 Å². The van der Waals surface area contributed by atoms with Gasteiger partial charge in [0.25, 0.3) is 0 Å². The first-order valence-corrected chi connectivity index (χ1v) is 11.0. The Labute approximate surface area is 170 Å². The average Bonchev–Trinajstić information content (AvgIpc) is 3.34. The molecule has 144 valence electrons. The Bertz CT molecular complexity index is 854. The predicted molar refractivity (Wildman–Crippen MR) is 122 cm³/mol. The maximum absolute atomic E-state index is 3.84. The highest BCUT2D eigenvalue weighted by Crippen LogP contribution is 2.44. The Morgan fingerprint density at radius 3 is 2.29 bits per heavy atom. The molecule has 0 saturated carbocycles. The van der Waals surface area contributed by atoms with Gasteiger partial charge in [-0.15, -0.1) is 6.58 Å². The molecule has 0 fully saturated rings. The summed E-state index contributed by atoms with van der Waals surface area (Å²) >= 11 is 0. The molecular formula is C28H32. The van der Waals surface area contributed by atoms with E-state index in [4.69, 9.17) is 0 Å². The summed E-state index contributed by atoms with van der Waals surface area (Å²) in [4.78, 5) is 0. The van der Waals surface area contributed by atoms with Gasteiger partial charge in [-0.2, -0.15) is 0 Å². The third-order valence-corrected chi connectivity index (χ3v) is 6.54. The Morgan fingerprint density at radius 2 is 1.46 bits per heavy atom. The Kier molecular flexibility index (Phi) is 6.27. The van der Waals surface area contributed by atoms with Gasteiger partial charge in [-0.1, -0.05) is 98.2 Å². The van der Waals surface area contributed by atoms with E-state index in [-0.39, 0.29) is 0 Å². The molecule has 0 aliphatic heterocycles. The lowest BCUT2D eigenvalue weighted by Crippen LogP contribution is -2.14. The smallest absolute Gasteiger partial charge is 0.00558 e. The molecule has 0 aromatic heterocycles. The Balaban J connectivity index is 1.46. The van der Waals surface area contributed by atoms with Gasteiger partial charge < -0.3 is 0 Å². The second kappa shape index (κ2) is 9.24. The molecule has 0 bridgehead atoms. The minimum atomic E-state index is 0.572. The highest BCUT2D eigenvalue weighted by molar-refractivity contribution is 5.64. The van der Waals surface area contributed by atoms with Gasteiger partial charge in [0.15, 0.2) is 0 Å². The maximum atomic E-state index is 3.84. The van der Waals surface area contributed by atoms with Gasteiger partial charge in [0.1, 0.15) is 0 Å². The van der Waals surface area contributed by atoms with Crippen LogP contribution >= 0.6 is 0 Å². The number of hydrogen-bond acceptors (Lipinski definition) is 0. The summed E-state index contributed by atoms with van der Waals surface area (Å²) in [7, 11) is 0. The average molecular weight is 369 g/mol. The Hall–Kier alpha value is -2.34. The fourth-order valence-corrected chi connectivity index (χ4v) is 5.04. The summed E-state index contributed by atoms with van der Waals surface area (Å²) in [6.45, 7) is 3.84. The molecule has 0 heterocycles. The number of hydrogen-bond donors (Lipinski definition) is 0. The van der Waals surface area contributed by atoms with Crippen LogP contribution in [0.2, 0.25) is 0 Å². The maximum Gasteiger partial charge on any atom is 0.00558 e. The van der Waals surface area contributed by atoms with Crippen molar-refractivity contribution in [3.8, 4) is 0 Å². The van der Waals surface area contributed by atoms with E-state index in [1.165, 1.54) is 60.8 Å². The standard InChI is InChI=1S/C28H32/c1-2-3-4-5-6-7-14-24(28-20-19-23-13-9-11-16-27(23)28)21-25-18-17-22-12-8-10-15-26(22)25/h2,8-13,15-20,24-25,28H,1,3-7,14,21H2. The van der Waals surface area contributed by atoms with Crippen LogP contribution in [0.25, 0.3) is 12.2 Å². The van der Waals surface area contributed by atoms with Gasteiger partial charge >= 0.3 is 0 Å². The number of fused-ring (bicyclic) bond motifs is 2. The first-order chi connectivity index (χ1) is 13.9. The quantitative estimate of drug-likeness (QED) is 0.293. The molecule has 0 spiro atoms. The van der Waals surface area contributed by atoms with Gasteiger partial charge in [-0.05, 0) is 53.9 Å². The third kappa shape index (κ3) is 4.22. The van der Waals surface area contributed by atoms with Gasteiger partial charge in [-0.25, -0.2) is 0 Å². The molecule has 2 aromatic rings. The zero-order valence-electron chi connectivity index (χ0n) is 16.9. The molecule has 2 aliphatic rings. The van der Waals surface area contributed by atoms with Crippen LogP contribution in [0.5, 0.6) is 0 Å². The van der Waals surface area contributed by atoms with Gasteiger partial charge in [0.2, 0.25) is 0 Å². The molecule has 0 amide bonds. The van der Waals surface area contributed by atoms with Gasteiger partial charge in [0.05, 0.1) is 0 Å². The SMILES string of the molecule is C=CCCCCCCC(CC1C=Cc2ccccc21)C1C=Cc2ccccc21. The van der Waals surface area contributed by atoms with E-state index in [1.807, 2.05) is 6.08 Å². The summed E-state index contributed by atoms with van der Waals surface area (Å²) in [6.07, 6.45) is 20.7. The first-order valence-electron chi connectivity index (χ1n) is 11.0. The fourth-order valence-electron chi connectivity index (χ4n) is 5.04. The largest absolute Gasteiger partial charge is 0.103 e.